The molecule has 1 N–H and O–H groups in total. The van der Waals surface area contributed by atoms with Crippen molar-refractivity contribution in [2.24, 2.45) is 17.8 Å². The van der Waals surface area contributed by atoms with Gasteiger partial charge in [-0.15, -0.1) is 0 Å². The summed E-state index contributed by atoms with van der Waals surface area (Å²) in [6.45, 7) is 7.24. The fraction of sp³-hybridized carbons (Fsp3) is 0.632. The van der Waals surface area contributed by atoms with E-state index >= 15 is 0 Å². The molecule has 0 saturated carbocycles. The molecule has 1 aromatic carbocycles. The van der Waals surface area contributed by atoms with Crippen molar-refractivity contribution in [3.05, 3.63) is 35.9 Å². The molecule has 1 saturated heterocycles. The minimum Gasteiger partial charge on any atom is -0.342 e. The fourth-order valence-corrected chi connectivity index (χ4v) is 3.36. The maximum Gasteiger partial charge on any atom is 0.226 e. The van der Waals surface area contributed by atoms with Crippen molar-refractivity contribution in [1.29, 1.82) is 0 Å². The first-order valence-corrected chi connectivity index (χ1v) is 8.59. The molecule has 1 aliphatic heterocycles. The number of amides is 1. The minimum atomic E-state index is 0.100. The molecular formula is C19H30N2O. The van der Waals surface area contributed by atoms with E-state index in [0.29, 0.717) is 11.8 Å². The predicted molar refractivity (Wildman–Crippen MR) is 91.7 cm³/mol. The van der Waals surface area contributed by atoms with E-state index in [-0.39, 0.29) is 5.92 Å². The smallest absolute Gasteiger partial charge is 0.226 e. The van der Waals surface area contributed by atoms with Gasteiger partial charge in [0.2, 0.25) is 5.91 Å². The maximum atomic E-state index is 12.9. The summed E-state index contributed by atoms with van der Waals surface area (Å²) in [6, 6.07) is 10.4. The summed E-state index contributed by atoms with van der Waals surface area (Å²) < 4.78 is 0. The number of piperidine rings is 1. The summed E-state index contributed by atoms with van der Waals surface area (Å²) >= 11 is 0. The average molecular weight is 302 g/mol. The van der Waals surface area contributed by atoms with Gasteiger partial charge in [-0.2, -0.15) is 0 Å². The summed E-state index contributed by atoms with van der Waals surface area (Å²) in [5, 5.41) is 3.25. The molecule has 1 aromatic rings. The molecule has 1 amide bonds. The van der Waals surface area contributed by atoms with E-state index in [9.17, 15) is 4.79 Å². The lowest BCUT2D eigenvalue weighted by Gasteiger charge is -2.35. The summed E-state index contributed by atoms with van der Waals surface area (Å²) in [4.78, 5) is 15.0. The molecule has 0 aliphatic carbocycles. The molecule has 2 rings (SSSR count). The Morgan fingerprint density at radius 2 is 1.86 bits per heavy atom. The van der Waals surface area contributed by atoms with Crippen LogP contribution >= 0.6 is 0 Å². The third-order valence-corrected chi connectivity index (χ3v) is 4.84. The largest absolute Gasteiger partial charge is 0.342 e. The third kappa shape index (κ3) is 4.57. The van der Waals surface area contributed by atoms with Crippen LogP contribution in [-0.2, 0) is 11.2 Å². The number of hydrogen-bond acceptors (Lipinski definition) is 2. The van der Waals surface area contributed by atoms with Crippen molar-refractivity contribution in [3.8, 4) is 0 Å². The Labute approximate surface area is 135 Å². The van der Waals surface area contributed by atoms with Crippen LogP contribution in [0.4, 0.5) is 0 Å². The van der Waals surface area contributed by atoms with Gasteiger partial charge in [0.25, 0.3) is 0 Å². The van der Waals surface area contributed by atoms with Crippen molar-refractivity contribution in [3.63, 3.8) is 0 Å². The second-order valence-corrected chi connectivity index (χ2v) is 6.87. The Kier molecular flexibility index (Phi) is 6.44. The molecule has 1 fully saturated rings. The van der Waals surface area contributed by atoms with Gasteiger partial charge in [0, 0.05) is 19.0 Å². The summed E-state index contributed by atoms with van der Waals surface area (Å²) in [5.74, 6) is 1.55. The van der Waals surface area contributed by atoms with Crippen LogP contribution in [0.15, 0.2) is 30.3 Å². The van der Waals surface area contributed by atoms with Gasteiger partial charge in [0.15, 0.2) is 0 Å². The highest BCUT2D eigenvalue weighted by Gasteiger charge is 2.29. The molecule has 0 radical (unpaired) electrons. The predicted octanol–water partition coefficient (Wildman–Crippen LogP) is 2.96. The standard InChI is InChI=1S/C19H30N2O/c1-15(2)18(13-16-7-5-4-6-8-16)19(22)21-11-9-17(10-12-21)14-20-3/h4-8,15,17-18,20H,9-14H2,1-3H3. The molecule has 122 valence electrons. The monoisotopic (exact) mass is 302 g/mol. The molecule has 1 aliphatic rings. The third-order valence-electron chi connectivity index (χ3n) is 4.84. The Morgan fingerprint density at radius 3 is 2.41 bits per heavy atom. The van der Waals surface area contributed by atoms with Crippen molar-refractivity contribution < 1.29 is 4.79 Å². The second-order valence-electron chi connectivity index (χ2n) is 6.87. The number of rotatable bonds is 6. The number of carbonyl (C=O) groups excluding carboxylic acids is 1. The molecule has 0 aromatic heterocycles. The molecule has 3 nitrogen and oxygen atoms in total. The van der Waals surface area contributed by atoms with Crippen LogP contribution in [-0.4, -0.2) is 37.5 Å². The van der Waals surface area contributed by atoms with Crippen molar-refractivity contribution >= 4 is 5.91 Å². The number of nitrogens with zero attached hydrogens (tertiary/aromatic N) is 1. The Hall–Kier alpha value is -1.35. The molecule has 1 heterocycles. The van der Waals surface area contributed by atoms with Crippen LogP contribution in [0.2, 0.25) is 0 Å². The lowest BCUT2D eigenvalue weighted by Crippen LogP contribution is -2.44. The summed E-state index contributed by atoms with van der Waals surface area (Å²) in [5.41, 5.74) is 1.26. The van der Waals surface area contributed by atoms with Crippen LogP contribution in [0.1, 0.15) is 32.3 Å². The fourth-order valence-electron chi connectivity index (χ4n) is 3.36. The van der Waals surface area contributed by atoms with E-state index in [0.717, 1.165) is 44.8 Å². The first-order valence-electron chi connectivity index (χ1n) is 8.59. The Bertz CT molecular complexity index is 450. The van der Waals surface area contributed by atoms with E-state index in [1.807, 2.05) is 13.1 Å². The van der Waals surface area contributed by atoms with Gasteiger partial charge < -0.3 is 10.2 Å². The SMILES string of the molecule is CNCC1CCN(C(=O)C(Cc2ccccc2)C(C)C)CC1. The number of benzene rings is 1. The zero-order chi connectivity index (χ0) is 15.9. The van der Waals surface area contributed by atoms with Crippen LogP contribution in [0, 0.1) is 17.8 Å². The normalized spacial score (nSPS) is 17.7. The van der Waals surface area contributed by atoms with E-state index in [1.54, 1.807) is 0 Å². The highest BCUT2D eigenvalue weighted by atomic mass is 16.2. The first-order chi connectivity index (χ1) is 10.6. The second kappa shape index (κ2) is 8.33. The maximum absolute atomic E-state index is 12.9. The molecule has 1 unspecified atom stereocenters. The first kappa shape index (κ1) is 17.0. The van der Waals surface area contributed by atoms with E-state index < -0.39 is 0 Å². The quantitative estimate of drug-likeness (QED) is 0.876. The van der Waals surface area contributed by atoms with Gasteiger partial charge in [-0.25, -0.2) is 0 Å². The summed E-state index contributed by atoms with van der Waals surface area (Å²) in [7, 11) is 2.01. The van der Waals surface area contributed by atoms with Gasteiger partial charge in [0.1, 0.15) is 0 Å². The van der Waals surface area contributed by atoms with Crippen molar-refractivity contribution in [2.75, 3.05) is 26.7 Å². The van der Waals surface area contributed by atoms with E-state index in [4.69, 9.17) is 0 Å². The highest BCUT2D eigenvalue weighted by Crippen LogP contribution is 2.24. The van der Waals surface area contributed by atoms with Gasteiger partial charge in [0.05, 0.1) is 0 Å². The molecule has 3 heteroatoms. The average Bonchev–Trinajstić information content (AvgIpc) is 2.54. The number of carbonyl (C=O) groups is 1. The molecule has 0 spiro atoms. The van der Waals surface area contributed by atoms with Crippen molar-refractivity contribution in [2.45, 2.75) is 33.1 Å². The van der Waals surface area contributed by atoms with Gasteiger partial charge in [-0.05, 0) is 50.3 Å². The van der Waals surface area contributed by atoms with Crippen LogP contribution in [0.5, 0.6) is 0 Å². The lowest BCUT2D eigenvalue weighted by molar-refractivity contribution is -0.138. The highest BCUT2D eigenvalue weighted by molar-refractivity contribution is 5.79. The molecular weight excluding hydrogens is 272 g/mol. The zero-order valence-electron chi connectivity index (χ0n) is 14.2. The molecule has 22 heavy (non-hydrogen) atoms. The number of nitrogens with one attached hydrogen (secondary N) is 1. The Balaban J connectivity index is 1.96. The van der Waals surface area contributed by atoms with Crippen LogP contribution in [0.3, 0.4) is 0 Å². The van der Waals surface area contributed by atoms with Gasteiger partial charge in [-0.1, -0.05) is 44.2 Å². The van der Waals surface area contributed by atoms with Crippen LogP contribution < -0.4 is 5.32 Å². The topological polar surface area (TPSA) is 32.3 Å². The summed E-state index contributed by atoms with van der Waals surface area (Å²) in [6.07, 6.45) is 3.11. The van der Waals surface area contributed by atoms with Crippen molar-refractivity contribution in [1.82, 2.24) is 10.2 Å². The Morgan fingerprint density at radius 1 is 1.23 bits per heavy atom. The lowest BCUT2D eigenvalue weighted by atomic mass is 9.87. The van der Waals surface area contributed by atoms with Crippen LogP contribution in [0.25, 0.3) is 0 Å². The molecule has 1 atom stereocenters. The molecule has 0 bridgehead atoms. The number of hydrogen-bond donors (Lipinski definition) is 1. The number of likely N-dealkylation sites (tertiary alicyclic amines) is 1. The zero-order valence-corrected chi connectivity index (χ0v) is 14.2. The minimum absolute atomic E-state index is 0.100. The van der Waals surface area contributed by atoms with E-state index in [2.05, 4.69) is 48.3 Å². The van der Waals surface area contributed by atoms with Gasteiger partial charge >= 0.3 is 0 Å². The van der Waals surface area contributed by atoms with E-state index in [1.165, 1.54) is 5.56 Å². The van der Waals surface area contributed by atoms with Gasteiger partial charge in [-0.3, -0.25) is 4.79 Å².